The molecule has 2 aromatic rings. The van der Waals surface area contributed by atoms with Crippen molar-refractivity contribution >= 4 is 23.5 Å². The number of nitrogens with zero attached hydrogens (tertiary/aromatic N) is 1. The lowest BCUT2D eigenvalue weighted by Crippen LogP contribution is -2.27. The van der Waals surface area contributed by atoms with E-state index in [1.54, 1.807) is 30.0 Å². The first-order chi connectivity index (χ1) is 13.4. The number of carbonyl (C=O) groups excluding carboxylic acids is 2. The van der Waals surface area contributed by atoms with E-state index in [2.05, 4.69) is 5.32 Å². The monoisotopic (exact) mass is 386 g/mol. The number of carbonyl (C=O) groups is 3. The lowest BCUT2D eigenvalue weighted by molar-refractivity contribution is 0.0693. The first-order valence-corrected chi connectivity index (χ1v) is 9.09. The number of hydrogen-bond acceptors (Lipinski definition) is 5. The fraction of sp³-hybridized carbons (Fsp3) is 0.350. The molecule has 1 saturated heterocycles. The topological polar surface area (TPSA) is 109 Å². The molecule has 28 heavy (non-hydrogen) atoms. The molecule has 0 atom stereocenters. The van der Waals surface area contributed by atoms with Crippen molar-refractivity contribution in [2.45, 2.75) is 26.2 Å². The molecular weight excluding hydrogens is 364 g/mol. The van der Waals surface area contributed by atoms with Gasteiger partial charge in [-0.3, -0.25) is 9.59 Å². The summed E-state index contributed by atoms with van der Waals surface area (Å²) in [5.74, 6) is -1.39. The van der Waals surface area contributed by atoms with Gasteiger partial charge in [0.1, 0.15) is 17.1 Å². The Kier molecular flexibility index (Phi) is 5.67. The van der Waals surface area contributed by atoms with E-state index in [-0.39, 0.29) is 23.0 Å². The molecule has 1 aliphatic heterocycles. The van der Waals surface area contributed by atoms with Crippen molar-refractivity contribution < 1.29 is 28.6 Å². The number of rotatable bonds is 6. The Labute approximate surface area is 162 Å². The summed E-state index contributed by atoms with van der Waals surface area (Å²) in [4.78, 5) is 38.2. The molecule has 1 fully saturated rings. The predicted octanol–water partition coefficient (Wildman–Crippen LogP) is 3.04. The van der Waals surface area contributed by atoms with Crippen LogP contribution in [0.1, 0.15) is 56.8 Å². The van der Waals surface area contributed by atoms with E-state index in [9.17, 15) is 19.5 Å². The molecule has 0 unspecified atom stereocenters. The molecule has 0 bridgehead atoms. The van der Waals surface area contributed by atoms with Crippen LogP contribution in [-0.2, 0) is 6.42 Å². The minimum Gasteiger partial charge on any atom is -0.495 e. The van der Waals surface area contributed by atoms with Crippen LogP contribution >= 0.6 is 0 Å². The van der Waals surface area contributed by atoms with Crippen LogP contribution in [0.4, 0.5) is 5.69 Å². The quantitative estimate of drug-likeness (QED) is 0.790. The van der Waals surface area contributed by atoms with Gasteiger partial charge in [0.15, 0.2) is 5.76 Å². The highest BCUT2D eigenvalue weighted by atomic mass is 16.5. The number of methoxy groups -OCH3 is 1. The zero-order chi connectivity index (χ0) is 20.3. The fourth-order valence-corrected chi connectivity index (χ4v) is 3.21. The minimum absolute atomic E-state index is 0.0439. The van der Waals surface area contributed by atoms with Gasteiger partial charge in [0.2, 0.25) is 0 Å². The molecule has 0 saturated carbocycles. The summed E-state index contributed by atoms with van der Waals surface area (Å²) < 4.78 is 10.6. The Balaban J connectivity index is 1.86. The molecule has 1 aromatic heterocycles. The molecule has 0 aliphatic carbocycles. The van der Waals surface area contributed by atoms with Gasteiger partial charge in [-0.2, -0.15) is 0 Å². The number of carboxylic acid groups (broad SMARTS) is 1. The largest absolute Gasteiger partial charge is 0.495 e. The maximum Gasteiger partial charge on any atom is 0.339 e. The van der Waals surface area contributed by atoms with Crippen LogP contribution in [0.5, 0.6) is 5.75 Å². The molecule has 0 spiro atoms. The average Bonchev–Trinajstić information content (AvgIpc) is 3.37. The van der Waals surface area contributed by atoms with Crippen LogP contribution in [0.2, 0.25) is 0 Å². The third-order valence-corrected chi connectivity index (χ3v) is 4.67. The van der Waals surface area contributed by atoms with E-state index < -0.39 is 11.9 Å². The van der Waals surface area contributed by atoms with Gasteiger partial charge in [-0.15, -0.1) is 0 Å². The maximum atomic E-state index is 12.6. The molecule has 2 N–H and O–H groups in total. The fourth-order valence-electron chi connectivity index (χ4n) is 3.21. The number of amides is 2. The molecule has 3 rings (SSSR count). The Morgan fingerprint density at radius 3 is 2.50 bits per heavy atom. The SMILES string of the molecule is CCc1oc(C(=O)Nc2cc(C(=O)N3CCCC3)ccc2OC)cc1C(=O)O. The third kappa shape index (κ3) is 3.85. The average molecular weight is 386 g/mol. The summed E-state index contributed by atoms with van der Waals surface area (Å²) in [6, 6.07) is 6.02. The van der Waals surface area contributed by atoms with Crippen LogP contribution in [0, 0.1) is 0 Å². The number of aryl methyl sites for hydroxylation is 1. The highest BCUT2D eigenvalue weighted by Crippen LogP contribution is 2.28. The smallest absolute Gasteiger partial charge is 0.339 e. The zero-order valence-electron chi connectivity index (χ0n) is 15.8. The number of likely N-dealkylation sites (tertiary alicyclic amines) is 1. The molecule has 148 valence electrons. The number of anilines is 1. The Hall–Kier alpha value is -3.29. The number of benzene rings is 1. The van der Waals surface area contributed by atoms with Gasteiger partial charge >= 0.3 is 5.97 Å². The molecule has 2 amide bonds. The van der Waals surface area contributed by atoms with Crippen molar-refractivity contribution in [2.75, 3.05) is 25.5 Å². The zero-order valence-corrected chi connectivity index (χ0v) is 15.8. The summed E-state index contributed by atoms with van der Waals surface area (Å²) in [5, 5.41) is 11.9. The summed E-state index contributed by atoms with van der Waals surface area (Å²) in [7, 11) is 1.46. The van der Waals surface area contributed by atoms with Gasteiger partial charge in [-0.05, 0) is 31.0 Å². The first-order valence-electron chi connectivity index (χ1n) is 9.09. The second-order valence-electron chi connectivity index (χ2n) is 6.47. The first kappa shape index (κ1) is 19.5. The van der Waals surface area contributed by atoms with Crippen LogP contribution in [0.25, 0.3) is 0 Å². The highest BCUT2D eigenvalue weighted by Gasteiger charge is 2.23. The van der Waals surface area contributed by atoms with Crippen molar-refractivity contribution in [3.8, 4) is 5.75 Å². The van der Waals surface area contributed by atoms with E-state index in [0.717, 1.165) is 25.9 Å². The Morgan fingerprint density at radius 1 is 1.21 bits per heavy atom. The van der Waals surface area contributed by atoms with Crippen molar-refractivity contribution in [3.63, 3.8) is 0 Å². The maximum absolute atomic E-state index is 12.6. The van der Waals surface area contributed by atoms with Gasteiger partial charge in [0.25, 0.3) is 11.8 Å². The molecule has 0 radical (unpaired) electrons. The molecule has 1 aromatic carbocycles. The highest BCUT2D eigenvalue weighted by molar-refractivity contribution is 6.05. The number of nitrogens with one attached hydrogen (secondary N) is 1. The summed E-state index contributed by atoms with van der Waals surface area (Å²) >= 11 is 0. The molecule has 8 heteroatoms. The number of aromatic carboxylic acids is 1. The van der Waals surface area contributed by atoms with E-state index in [0.29, 0.717) is 23.4 Å². The predicted molar refractivity (Wildman–Crippen MR) is 101 cm³/mol. The van der Waals surface area contributed by atoms with Gasteiger partial charge in [-0.25, -0.2) is 4.79 Å². The Morgan fingerprint density at radius 2 is 1.93 bits per heavy atom. The minimum atomic E-state index is -1.16. The number of carboxylic acids is 1. The van der Waals surface area contributed by atoms with Crippen molar-refractivity contribution in [2.24, 2.45) is 0 Å². The van der Waals surface area contributed by atoms with Crippen molar-refractivity contribution in [1.82, 2.24) is 4.90 Å². The standard InChI is InChI=1S/C20H22N2O6/c1-3-15-13(20(25)26)11-17(28-15)18(23)21-14-10-12(6-7-16(14)27-2)19(24)22-8-4-5-9-22/h6-7,10-11H,3-5,8-9H2,1-2H3,(H,21,23)(H,25,26). The molecule has 1 aliphatic rings. The lowest BCUT2D eigenvalue weighted by atomic mass is 10.1. The Bertz CT molecular complexity index is 911. The van der Waals surface area contributed by atoms with E-state index in [4.69, 9.17) is 9.15 Å². The van der Waals surface area contributed by atoms with E-state index in [1.807, 2.05) is 0 Å². The van der Waals surface area contributed by atoms with Gasteiger partial charge in [0.05, 0.1) is 12.8 Å². The number of furan rings is 1. The van der Waals surface area contributed by atoms with E-state index in [1.165, 1.54) is 13.2 Å². The second kappa shape index (κ2) is 8.16. The molecule has 8 nitrogen and oxygen atoms in total. The molecular formula is C20H22N2O6. The lowest BCUT2D eigenvalue weighted by Gasteiger charge is -2.17. The van der Waals surface area contributed by atoms with Gasteiger partial charge in [0, 0.05) is 31.1 Å². The van der Waals surface area contributed by atoms with Crippen LogP contribution in [-0.4, -0.2) is 48.0 Å². The normalized spacial score (nSPS) is 13.4. The van der Waals surface area contributed by atoms with Crippen molar-refractivity contribution in [1.29, 1.82) is 0 Å². The molecule has 2 heterocycles. The third-order valence-electron chi connectivity index (χ3n) is 4.67. The summed E-state index contributed by atoms with van der Waals surface area (Å²) in [5.41, 5.74) is 0.708. The van der Waals surface area contributed by atoms with Crippen LogP contribution in [0.15, 0.2) is 28.7 Å². The van der Waals surface area contributed by atoms with Crippen LogP contribution < -0.4 is 10.1 Å². The van der Waals surface area contributed by atoms with Crippen LogP contribution in [0.3, 0.4) is 0 Å². The number of hydrogen-bond donors (Lipinski definition) is 2. The van der Waals surface area contributed by atoms with E-state index >= 15 is 0 Å². The second-order valence-corrected chi connectivity index (χ2v) is 6.47. The van der Waals surface area contributed by atoms with Crippen molar-refractivity contribution in [3.05, 3.63) is 46.9 Å². The summed E-state index contributed by atoms with van der Waals surface area (Å²) in [6.45, 7) is 3.18. The summed E-state index contributed by atoms with van der Waals surface area (Å²) in [6.07, 6.45) is 2.31. The van der Waals surface area contributed by atoms with Gasteiger partial charge < -0.3 is 24.5 Å². The number of ether oxygens (including phenoxy) is 1. The van der Waals surface area contributed by atoms with Gasteiger partial charge in [-0.1, -0.05) is 6.92 Å².